The molecule has 8 heteroatoms. The highest BCUT2D eigenvalue weighted by Crippen LogP contribution is 2.36. The van der Waals surface area contributed by atoms with Crippen molar-refractivity contribution in [2.75, 3.05) is 19.0 Å². The second-order valence-electron chi connectivity index (χ2n) is 7.18. The Bertz CT molecular complexity index is 854. The number of rotatable bonds is 7. The molecule has 0 radical (unpaired) electrons. The molecule has 0 atom stereocenters. The van der Waals surface area contributed by atoms with Gasteiger partial charge in [0.2, 0.25) is 0 Å². The molecule has 0 bridgehead atoms. The molecule has 152 valence electrons. The second-order valence-corrected chi connectivity index (χ2v) is 7.99. The van der Waals surface area contributed by atoms with E-state index in [2.05, 4.69) is 10.6 Å². The summed E-state index contributed by atoms with van der Waals surface area (Å²) < 4.78 is 24.2. The predicted molar refractivity (Wildman–Crippen MR) is 110 cm³/mol. The Balaban J connectivity index is 2.07. The molecular weight excluding hydrogens is 406 g/mol. The van der Waals surface area contributed by atoms with Gasteiger partial charge < -0.3 is 20.1 Å². The van der Waals surface area contributed by atoms with E-state index < -0.39 is 5.82 Å². The van der Waals surface area contributed by atoms with Crippen molar-refractivity contribution in [3.05, 3.63) is 51.8 Å². The Hall–Kier alpha value is -2.18. The first-order valence-corrected chi connectivity index (χ1v) is 9.34. The maximum absolute atomic E-state index is 13.2. The summed E-state index contributed by atoms with van der Waals surface area (Å²) in [5.74, 6) is -0.0368. The zero-order chi connectivity index (χ0) is 20.9. The minimum absolute atomic E-state index is 0.0397. The van der Waals surface area contributed by atoms with Gasteiger partial charge in [-0.3, -0.25) is 4.79 Å². The third kappa shape index (κ3) is 6.46. The summed E-state index contributed by atoms with van der Waals surface area (Å²) in [4.78, 5) is 12.0. The van der Waals surface area contributed by atoms with Crippen molar-refractivity contribution >= 4 is 34.8 Å². The van der Waals surface area contributed by atoms with Gasteiger partial charge in [-0.05, 0) is 56.7 Å². The fourth-order valence-electron chi connectivity index (χ4n) is 2.42. The van der Waals surface area contributed by atoms with Crippen LogP contribution in [-0.4, -0.2) is 25.2 Å². The number of hydrogen-bond donors (Lipinski definition) is 2. The summed E-state index contributed by atoms with van der Waals surface area (Å²) in [6, 6.07) is 7.84. The van der Waals surface area contributed by atoms with Crippen LogP contribution in [0.15, 0.2) is 30.3 Å². The fraction of sp³-hybridized carbons (Fsp3) is 0.350. The number of halogens is 3. The fourth-order valence-corrected chi connectivity index (χ4v) is 2.89. The van der Waals surface area contributed by atoms with Gasteiger partial charge in [-0.25, -0.2) is 4.39 Å². The van der Waals surface area contributed by atoms with E-state index in [0.29, 0.717) is 28.8 Å². The standard InChI is InChI=1S/C20H23Cl2FN2O3/c1-20(2,3)25-18(26)11-28-19-15(22)7-12(8-17(19)27-4)10-24-13-5-6-16(23)14(21)9-13/h5-9,24H,10-11H2,1-4H3,(H,25,26). The third-order valence-electron chi connectivity index (χ3n) is 3.57. The van der Waals surface area contributed by atoms with E-state index in [1.807, 2.05) is 20.8 Å². The van der Waals surface area contributed by atoms with Gasteiger partial charge in [-0.15, -0.1) is 0 Å². The molecule has 0 aliphatic rings. The van der Waals surface area contributed by atoms with Crippen LogP contribution in [0.3, 0.4) is 0 Å². The zero-order valence-electron chi connectivity index (χ0n) is 16.2. The van der Waals surface area contributed by atoms with Gasteiger partial charge in [-0.1, -0.05) is 23.2 Å². The number of benzene rings is 2. The molecule has 1 amide bonds. The van der Waals surface area contributed by atoms with E-state index >= 15 is 0 Å². The van der Waals surface area contributed by atoms with Crippen LogP contribution in [0.25, 0.3) is 0 Å². The van der Waals surface area contributed by atoms with Crippen molar-refractivity contribution in [2.45, 2.75) is 32.9 Å². The van der Waals surface area contributed by atoms with E-state index in [9.17, 15) is 9.18 Å². The molecule has 2 rings (SSSR count). The lowest BCUT2D eigenvalue weighted by molar-refractivity contribution is -0.124. The quantitative estimate of drug-likeness (QED) is 0.647. The highest BCUT2D eigenvalue weighted by molar-refractivity contribution is 6.32. The average molecular weight is 429 g/mol. The molecule has 0 saturated carbocycles. The zero-order valence-corrected chi connectivity index (χ0v) is 17.7. The number of carbonyl (C=O) groups excluding carboxylic acids is 1. The Morgan fingerprint density at radius 1 is 1.14 bits per heavy atom. The minimum Gasteiger partial charge on any atom is -0.493 e. The van der Waals surface area contributed by atoms with E-state index in [-0.39, 0.29) is 23.1 Å². The summed E-state index contributed by atoms with van der Waals surface area (Å²) in [6.07, 6.45) is 0. The maximum Gasteiger partial charge on any atom is 0.258 e. The van der Waals surface area contributed by atoms with Gasteiger partial charge in [0.1, 0.15) is 5.82 Å². The van der Waals surface area contributed by atoms with Gasteiger partial charge in [-0.2, -0.15) is 0 Å². The van der Waals surface area contributed by atoms with Crippen LogP contribution < -0.4 is 20.1 Å². The van der Waals surface area contributed by atoms with Crippen molar-refractivity contribution in [3.8, 4) is 11.5 Å². The third-order valence-corrected chi connectivity index (χ3v) is 4.14. The van der Waals surface area contributed by atoms with Crippen LogP contribution in [0.5, 0.6) is 11.5 Å². The number of amides is 1. The monoisotopic (exact) mass is 428 g/mol. The van der Waals surface area contributed by atoms with Gasteiger partial charge in [0.25, 0.3) is 5.91 Å². The molecule has 0 fully saturated rings. The molecule has 0 aromatic heterocycles. The largest absolute Gasteiger partial charge is 0.493 e. The van der Waals surface area contributed by atoms with Gasteiger partial charge in [0.05, 0.1) is 17.2 Å². The van der Waals surface area contributed by atoms with E-state index in [4.69, 9.17) is 32.7 Å². The molecule has 2 aromatic rings. The Morgan fingerprint density at radius 3 is 2.46 bits per heavy atom. The lowest BCUT2D eigenvalue weighted by Gasteiger charge is -2.21. The molecule has 0 unspecified atom stereocenters. The van der Waals surface area contributed by atoms with E-state index in [1.54, 1.807) is 18.2 Å². The van der Waals surface area contributed by atoms with Gasteiger partial charge in [0.15, 0.2) is 18.1 Å². The Morgan fingerprint density at radius 2 is 1.86 bits per heavy atom. The van der Waals surface area contributed by atoms with Crippen molar-refractivity contribution < 1.29 is 18.7 Å². The maximum atomic E-state index is 13.2. The topological polar surface area (TPSA) is 59.6 Å². The molecule has 28 heavy (non-hydrogen) atoms. The average Bonchev–Trinajstić information content (AvgIpc) is 2.59. The van der Waals surface area contributed by atoms with E-state index in [1.165, 1.54) is 19.2 Å². The molecule has 0 aliphatic heterocycles. The highest BCUT2D eigenvalue weighted by atomic mass is 35.5. The lowest BCUT2D eigenvalue weighted by atomic mass is 10.1. The number of carbonyl (C=O) groups is 1. The number of ether oxygens (including phenoxy) is 2. The first kappa shape index (κ1) is 22.1. The molecule has 0 spiro atoms. The molecule has 0 aliphatic carbocycles. The molecule has 0 heterocycles. The van der Waals surface area contributed by atoms with Crippen molar-refractivity contribution in [2.24, 2.45) is 0 Å². The van der Waals surface area contributed by atoms with Crippen LogP contribution >= 0.6 is 23.2 Å². The molecule has 2 aromatic carbocycles. The second kappa shape index (κ2) is 9.34. The number of anilines is 1. The molecular formula is C20H23Cl2FN2O3. The van der Waals surface area contributed by atoms with Crippen LogP contribution in [0.2, 0.25) is 10.0 Å². The van der Waals surface area contributed by atoms with Gasteiger partial charge in [0, 0.05) is 17.8 Å². The summed E-state index contributed by atoms with van der Waals surface area (Å²) in [6.45, 7) is 5.87. The molecule has 2 N–H and O–H groups in total. The predicted octanol–water partition coefficient (Wildman–Crippen LogP) is 5.05. The van der Waals surface area contributed by atoms with Crippen molar-refractivity contribution in [1.29, 1.82) is 0 Å². The SMILES string of the molecule is COc1cc(CNc2ccc(F)c(Cl)c2)cc(Cl)c1OCC(=O)NC(C)(C)C. The summed E-state index contributed by atoms with van der Waals surface area (Å²) in [5, 5.41) is 6.30. The summed E-state index contributed by atoms with van der Waals surface area (Å²) >= 11 is 12.1. The Labute approximate surface area is 174 Å². The number of methoxy groups -OCH3 is 1. The van der Waals surface area contributed by atoms with Crippen LogP contribution in [0.1, 0.15) is 26.3 Å². The first-order chi connectivity index (χ1) is 13.1. The van der Waals surface area contributed by atoms with Crippen molar-refractivity contribution in [1.82, 2.24) is 5.32 Å². The summed E-state index contributed by atoms with van der Waals surface area (Å²) in [7, 11) is 1.49. The highest BCUT2D eigenvalue weighted by Gasteiger charge is 2.17. The lowest BCUT2D eigenvalue weighted by Crippen LogP contribution is -2.43. The van der Waals surface area contributed by atoms with Crippen LogP contribution in [0.4, 0.5) is 10.1 Å². The van der Waals surface area contributed by atoms with E-state index in [0.717, 1.165) is 5.56 Å². The minimum atomic E-state index is -0.478. The number of hydrogen-bond acceptors (Lipinski definition) is 4. The first-order valence-electron chi connectivity index (χ1n) is 8.58. The van der Waals surface area contributed by atoms with Crippen molar-refractivity contribution in [3.63, 3.8) is 0 Å². The summed E-state index contributed by atoms with van der Waals surface area (Å²) in [5.41, 5.74) is 1.13. The van der Waals surface area contributed by atoms with Crippen LogP contribution in [0, 0.1) is 5.82 Å². The van der Waals surface area contributed by atoms with Crippen LogP contribution in [-0.2, 0) is 11.3 Å². The Kier molecular flexibility index (Phi) is 7.38. The normalized spacial score (nSPS) is 11.1. The number of nitrogens with one attached hydrogen (secondary N) is 2. The molecule has 5 nitrogen and oxygen atoms in total. The molecule has 0 saturated heterocycles. The van der Waals surface area contributed by atoms with Gasteiger partial charge >= 0.3 is 0 Å². The smallest absolute Gasteiger partial charge is 0.258 e.